The summed E-state index contributed by atoms with van der Waals surface area (Å²) >= 11 is 0. The second-order valence-electron chi connectivity index (χ2n) is 13.9. The normalized spacial score (nSPS) is 42.5. The van der Waals surface area contributed by atoms with E-state index >= 15 is 0 Å². The molecular weight excluding hydrogens is 472 g/mol. The Morgan fingerprint density at radius 2 is 1.65 bits per heavy atom. The molecule has 0 aromatic heterocycles. The highest BCUT2D eigenvalue weighted by molar-refractivity contribution is 6.05. The van der Waals surface area contributed by atoms with Crippen LogP contribution in [0, 0.1) is 45.3 Å². The van der Waals surface area contributed by atoms with Gasteiger partial charge in [0.2, 0.25) is 0 Å². The van der Waals surface area contributed by atoms with Gasteiger partial charge in [-0.3, -0.25) is 19.2 Å². The molecule has 4 rings (SSSR count). The maximum Gasteiger partial charge on any atom is 0.306 e. The number of carbonyl (C=O) groups excluding carboxylic acids is 3. The first-order valence-corrected chi connectivity index (χ1v) is 13.8. The molecule has 3 N–H and O–H groups in total. The van der Waals surface area contributed by atoms with E-state index in [9.17, 15) is 34.5 Å². The van der Waals surface area contributed by atoms with Crippen LogP contribution in [-0.4, -0.2) is 50.8 Å². The lowest BCUT2D eigenvalue weighted by atomic mass is 9.42. The lowest BCUT2D eigenvalue weighted by Gasteiger charge is -2.61. The minimum atomic E-state index is -1.01. The monoisotopic (exact) mass is 516 g/mol. The highest BCUT2D eigenvalue weighted by Crippen LogP contribution is 2.70. The summed E-state index contributed by atoms with van der Waals surface area (Å²) in [6, 6.07) is 0. The minimum absolute atomic E-state index is 0.00871. The van der Waals surface area contributed by atoms with Crippen LogP contribution in [0.2, 0.25) is 0 Å². The fraction of sp³-hybridized carbons (Fsp3) is 0.800. The predicted octanol–water partition coefficient (Wildman–Crippen LogP) is 4.13. The Morgan fingerprint density at radius 3 is 2.24 bits per heavy atom. The Balaban J connectivity index is 1.74. The van der Waals surface area contributed by atoms with Gasteiger partial charge in [-0.2, -0.15) is 0 Å². The number of rotatable bonds is 6. The Labute approximate surface area is 220 Å². The third kappa shape index (κ3) is 3.82. The fourth-order valence-corrected chi connectivity index (χ4v) is 9.12. The lowest BCUT2D eigenvalue weighted by Crippen LogP contribution is -2.60. The number of hydrogen-bond donors (Lipinski definition) is 3. The average Bonchev–Trinajstić information content (AvgIpc) is 2.99. The van der Waals surface area contributed by atoms with Crippen LogP contribution in [0.4, 0.5) is 0 Å². The Hall–Kier alpha value is -1.86. The summed E-state index contributed by atoms with van der Waals surface area (Å²) in [6.07, 6.45) is 0.671. The van der Waals surface area contributed by atoms with Crippen LogP contribution in [0.3, 0.4) is 0 Å². The molecule has 2 fully saturated rings. The predicted molar refractivity (Wildman–Crippen MR) is 137 cm³/mol. The van der Waals surface area contributed by atoms with E-state index in [1.54, 1.807) is 0 Å². The topological polar surface area (TPSA) is 129 Å². The van der Waals surface area contributed by atoms with Crippen LogP contribution in [0.25, 0.3) is 0 Å². The van der Waals surface area contributed by atoms with Crippen LogP contribution in [0.15, 0.2) is 11.1 Å². The second kappa shape index (κ2) is 8.84. The van der Waals surface area contributed by atoms with Crippen LogP contribution >= 0.6 is 0 Å². The minimum Gasteiger partial charge on any atom is -0.481 e. The first kappa shape index (κ1) is 28.2. The van der Waals surface area contributed by atoms with E-state index in [2.05, 4.69) is 6.92 Å². The van der Waals surface area contributed by atoms with Crippen molar-refractivity contribution in [3.8, 4) is 0 Å². The van der Waals surface area contributed by atoms with E-state index < -0.39 is 45.8 Å². The standard InChI is InChI=1S/C30H44O7/c1-15(10-17(31)11-16(2)26(36)37)18-12-23(35)30(7)25-19(32)13-21-27(3,4)22(34)8-9-28(21,5)24(25)20(33)14-29(18,30)6/h15-16,18-19,21-22,32,34H,8-14H2,1-7H3,(H,36,37)/t15-,16+,18-,19+,21-,22+,28+,29-,30+/m1/s1. The molecule has 37 heavy (non-hydrogen) atoms. The molecular formula is C30H44O7. The van der Waals surface area contributed by atoms with Crippen molar-refractivity contribution in [3.05, 3.63) is 11.1 Å². The summed E-state index contributed by atoms with van der Waals surface area (Å²) in [7, 11) is 0. The molecule has 0 radical (unpaired) electrons. The molecule has 7 nitrogen and oxygen atoms in total. The summed E-state index contributed by atoms with van der Waals surface area (Å²) in [5.74, 6) is -2.45. The molecule has 4 aliphatic rings. The molecule has 0 spiro atoms. The van der Waals surface area contributed by atoms with Gasteiger partial charge in [-0.05, 0) is 65.8 Å². The van der Waals surface area contributed by atoms with Crippen LogP contribution in [-0.2, 0) is 19.2 Å². The molecule has 4 aliphatic carbocycles. The second-order valence-corrected chi connectivity index (χ2v) is 13.9. The molecule has 0 aromatic carbocycles. The van der Waals surface area contributed by atoms with Gasteiger partial charge in [0.1, 0.15) is 11.6 Å². The average molecular weight is 517 g/mol. The van der Waals surface area contributed by atoms with Crippen LogP contribution in [0.1, 0.15) is 93.4 Å². The molecule has 2 saturated carbocycles. The van der Waals surface area contributed by atoms with E-state index in [4.69, 9.17) is 0 Å². The van der Waals surface area contributed by atoms with Crippen molar-refractivity contribution in [2.75, 3.05) is 0 Å². The first-order valence-electron chi connectivity index (χ1n) is 13.8. The maximum atomic E-state index is 14.1. The number of aliphatic hydroxyl groups is 2. The van der Waals surface area contributed by atoms with Gasteiger partial charge in [0.15, 0.2) is 5.78 Å². The van der Waals surface area contributed by atoms with Gasteiger partial charge in [0.25, 0.3) is 0 Å². The highest BCUT2D eigenvalue weighted by atomic mass is 16.4. The van der Waals surface area contributed by atoms with Gasteiger partial charge in [0.05, 0.1) is 23.5 Å². The van der Waals surface area contributed by atoms with Gasteiger partial charge in [-0.25, -0.2) is 0 Å². The zero-order valence-electron chi connectivity index (χ0n) is 23.4. The number of aliphatic carboxylic acids is 1. The number of Topliss-reactive ketones (excluding diaryl/α,β-unsaturated/α-hetero) is 3. The van der Waals surface area contributed by atoms with Crippen molar-refractivity contribution in [1.82, 2.24) is 0 Å². The number of fused-ring (bicyclic) bond motifs is 4. The van der Waals surface area contributed by atoms with Gasteiger partial charge in [0, 0.05) is 31.3 Å². The lowest BCUT2D eigenvalue weighted by molar-refractivity contribution is -0.144. The Morgan fingerprint density at radius 1 is 1.03 bits per heavy atom. The van der Waals surface area contributed by atoms with Crippen LogP contribution < -0.4 is 0 Å². The SMILES string of the molecule is C[C@H](CC(=O)C[C@H](C)C(=O)O)[C@H]1CC(=O)[C@@]2(C)C3=C(C(=O)C[C@]12C)[C@@]1(C)CC[C@H](O)C(C)(C)[C@H]1C[C@@H]3O. The zero-order chi connectivity index (χ0) is 27.9. The number of carbonyl (C=O) groups is 4. The molecule has 0 aromatic rings. The molecule has 0 saturated heterocycles. The summed E-state index contributed by atoms with van der Waals surface area (Å²) < 4.78 is 0. The van der Waals surface area contributed by atoms with Crippen molar-refractivity contribution in [2.45, 2.75) is 106 Å². The molecule has 7 heteroatoms. The molecule has 0 aliphatic heterocycles. The molecule has 0 amide bonds. The maximum absolute atomic E-state index is 14.1. The van der Waals surface area contributed by atoms with Crippen molar-refractivity contribution in [1.29, 1.82) is 0 Å². The molecule has 9 atom stereocenters. The Kier molecular flexibility index (Phi) is 6.72. The quantitative estimate of drug-likeness (QED) is 0.484. The number of carboxylic acids is 1. The number of allylic oxidation sites excluding steroid dienone is 1. The smallest absolute Gasteiger partial charge is 0.306 e. The number of carboxylic acid groups (broad SMARTS) is 1. The third-order valence-corrected chi connectivity index (χ3v) is 11.6. The Bertz CT molecular complexity index is 1070. The summed E-state index contributed by atoms with van der Waals surface area (Å²) in [5.41, 5.74) is -1.55. The summed E-state index contributed by atoms with van der Waals surface area (Å²) in [4.78, 5) is 51.9. The van der Waals surface area contributed by atoms with Crippen molar-refractivity contribution in [2.24, 2.45) is 45.3 Å². The van der Waals surface area contributed by atoms with E-state index in [1.165, 1.54) is 6.92 Å². The van der Waals surface area contributed by atoms with Crippen molar-refractivity contribution < 1.29 is 34.5 Å². The molecule has 0 unspecified atom stereocenters. The molecule has 0 bridgehead atoms. The van der Waals surface area contributed by atoms with Crippen LogP contribution in [0.5, 0.6) is 0 Å². The van der Waals surface area contributed by atoms with E-state index in [1.807, 2.05) is 34.6 Å². The van der Waals surface area contributed by atoms with E-state index in [0.717, 1.165) is 0 Å². The summed E-state index contributed by atoms with van der Waals surface area (Å²) in [6.45, 7) is 13.4. The van der Waals surface area contributed by atoms with Gasteiger partial charge >= 0.3 is 5.97 Å². The largest absolute Gasteiger partial charge is 0.481 e. The summed E-state index contributed by atoms with van der Waals surface area (Å²) in [5, 5.41) is 31.6. The van der Waals surface area contributed by atoms with Gasteiger partial charge in [-0.15, -0.1) is 0 Å². The van der Waals surface area contributed by atoms with Crippen molar-refractivity contribution in [3.63, 3.8) is 0 Å². The van der Waals surface area contributed by atoms with Crippen molar-refractivity contribution >= 4 is 23.3 Å². The molecule has 206 valence electrons. The first-order chi connectivity index (χ1) is 16.9. The van der Waals surface area contributed by atoms with Gasteiger partial charge < -0.3 is 15.3 Å². The fourth-order valence-electron chi connectivity index (χ4n) is 9.12. The number of ketones is 3. The number of aliphatic hydroxyl groups excluding tert-OH is 2. The number of hydrogen-bond acceptors (Lipinski definition) is 6. The van der Waals surface area contributed by atoms with Gasteiger partial charge in [-0.1, -0.05) is 41.5 Å². The van der Waals surface area contributed by atoms with E-state index in [0.29, 0.717) is 30.4 Å². The van der Waals surface area contributed by atoms with E-state index in [-0.39, 0.29) is 60.8 Å². The zero-order valence-corrected chi connectivity index (χ0v) is 23.4. The molecule has 0 heterocycles. The third-order valence-electron chi connectivity index (χ3n) is 11.6. The highest BCUT2D eigenvalue weighted by Gasteiger charge is 2.70.